The normalized spacial score (nSPS) is 15.7. The molecule has 2 heterocycles. The van der Waals surface area contributed by atoms with Gasteiger partial charge in [0.25, 0.3) is 5.91 Å². The van der Waals surface area contributed by atoms with Gasteiger partial charge in [0.1, 0.15) is 17.7 Å². The van der Waals surface area contributed by atoms with Gasteiger partial charge in [0.2, 0.25) is 0 Å². The van der Waals surface area contributed by atoms with Crippen LogP contribution in [-0.2, 0) is 16.0 Å². The van der Waals surface area contributed by atoms with Gasteiger partial charge in [0.15, 0.2) is 0 Å². The first-order valence-electron chi connectivity index (χ1n) is 8.33. The summed E-state index contributed by atoms with van der Waals surface area (Å²) in [6.45, 7) is 3.97. The van der Waals surface area contributed by atoms with Gasteiger partial charge in [-0.15, -0.1) is 0 Å². The zero-order chi connectivity index (χ0) is 18.8. The van der Waals surface area contributed by atoms with Crippen LogP contribution in [0.15, 0.2) is 36.5 Å². The second-order valence-corrected chi connectivity index (χ2v) is 6.42. The van der Waals surface area contributed by atoms with E-state index in [1.165, 1.54) is 30.3 Å². The summed E-state index contributed by atoms with van der Waals surface area (Å²) in [7, 11) is 1.27. The number of pyridine rings is 1. The number of esters is 1. The molecule has 0 saturated carbocycles. The van der Waals surface area contributed by atoms with E-state index in [2.05, 4.69) is 10.3 Å². The SMILES string of the molecule is COC(=O)C1Cc2ccc(F)cc2N1C(=O)c1ccc(NC(C)C)nc1. The van der Waals surface area contributed by atoms with Crippen molar-refractivity contribution < 1.29 is 18.7 Å². The number of hydrogen-bond donors (Lipinski definition) is 1. The molecular formula is C19H20FN3O3. The highest BCUT2D eigenvalue weighted by atomic mass is 19.1. The Kier molecular flexibility index (Phi) is 4.88. The summed E-state index contributed by atoms with van der Waals surface area (Å²) in [6, 6.07) is 6.88. The van der Waals surface area contributed by atoms with Gasteiger partial charge in [0.05, 0.1) is 18.4 Å². The molecule has 0 fully saturated rings. The van der Waals surface area contributed by atoms with Crippen LogP contribution in [-0.4, -0.2) is 36.1 Å². The van der Waals surface area contributed by atoms with E-state index in [9.17, 15) is 14.0 Å². The number of methoxy groups -OCH3 is 1. The van der Waals surface area contributed by atoms with Crippen molar-refractivity contribution in [2.45, 2.75) is 32.4 Å². The van der Waals surface area contributed by atoms with E-state index in [0.717, 1.165) is 5.56 Å². The predicted molar refractivity (Wildman–Crippen MR) is 95.7 cm³/mol. The van der Waals surface area contributed by atoms with Crippen molar-refractivity contribution in [3.05, 3.63) is 53.5 Å². The molecule has 7 heteroatoms. The van der Waals surface area contributed by atoms with Crippen molar-refractivity contribution in [3.8, 4) is 0 Å². The van der Waals surface area contributed by atoms with Crippen molar-refractivity contribution >= 4 is 23.4 Å². The Morgan fingerprint density at radius 3 is 2.69 bits per heavy atom. The minimum absolute atomic E-state index is 0.209. The number of carbonyl (C=O) groups excluding carboxylic acids is 2. The van der Waals surface area contributed by atoms with Crippen LogP contribution < -0.4 is 10.2 Å². The van der Waals surface area contributed by atoms with E-state index in [0.29, 0.717) is 17.1 Å². The average Bonchev–Trinajstić information content (AvgIpc) is 2.99. The Bertz CT molecular complexity index is 836. The predicted octanol–water partition coefficient (Wildman–Crippen LogP) is 2.79. The van der Waals surface area contributed by atoms with Crippen LogP contribution in [0.4, 0.5) is 15.9 Å². The maximum absolute atomic E-state index is 13.7. The number of nitrogens with one attached hydrogen (secondary N) is 1. The van der Waals surface area contributed by atoms with Crippen LogP contribution in [0.1, 0.15) is 29.8 Å². The first kappa shape index (κ1) is 17.8. The summed E-state index contributed by atoms with van der Waals surface area (Å²) in [5.41, 5.74) is 1.42. The molecule has 26 heavy (non-hydrogen) atoms. The fourth-order valence-electron chi connectivity index (χ4n) is 3.02. The Balaban J connectivity index is 1.95. The Labute approximate surface area is 151 Å². The monoisotopic (exact) mass is 357 g/mol. The number of anilines is 2. The van der Waals surface area contributed by atoms with Crippen LogP contribution in [0.25, 0.3) is 0 Å². The number of aromatic nitrogens is 1. The fourth-order valence-corrected chi connectivity index (χ4v) is 3.02. The number of carbonyl (C=O) groups is 2. The van der Waals surface area contributed by atoms with Crippen molar-refractivity contribution in [2.24, 2.45) is 0 Å². The highest BCUT2D eigenvalue weighted by Crippen LogP contribution is 2.34. The minimum Gasteiger partial charge on any atom is -0.467 e. The van der Waals surface area contributed by atoms with Crippen molar-refractivity contribution in [2.75, 3.05) is 17.3 Å². The van der Waals surface area contributed by atoms with Crippen LogP contribution in [0.3, 0.4) is 0 Å². The molecule has 0 spiro atoms. The lowest BCUT2D eigenvalue weighted by Crippen LogP contribution is -2.43. The highest BCUT2D eigenvalue weighted by Gasteiger charge is 2.39. The second kappa shape index (κ2) is 7.11. The molecule has 1 atom stereocenters. The molecule has 3 rings (SSSR count). The van der Waals surface area contributed by atoms with E-state index in [-0.39, 0.29) is 12.5 Å². The van der Waals surface area contributed by atoms with Crippen molar-refractivity contribution in [1.29, 1.82) is 0 Å². The molecule has 1 aromatic carbocycles. The molecule has 1 aromatic heterocycles. The largest absolute Gasteiger partial charge is 0.467 e. The molecule has 1 aliphatic rings. The summed E-state index contributed by atoms with van der Waals surface area (Å²) >= 11 is 0. The van der Waals surface area contributed by atoms with Crippen molar-refractivity contribution in [3.63, 3.8) is 0 Å². The summed E-state index contributed by atoms with van der Waals surface area (Å²) in [4.78, 5) is 30.7. The van der Waals surface area contributed by atoms with Gasteiger partial charge in [-0.2, -0.15) is 0 Å². The van der Waals surface area contributed by atoms with Gasteiger partial charge in [-0.25, -0.2) is 14.2 Å². The molecule has 2 aromatic rings. The molecule has 1 aliphatic heterocycles. The summed E-state index contributed by atoms with van der Waals surface area (Å²) < 4.78 is 18.5. The Morgan fingerprint density at radius 2 is 2.08 bits per heavy atom. The second-order valence-electron chi connectivity index (χ2n) is 6.42. The smallest absolute Gasteiger partial charge is 0.329 e. The molecule has 1 amide bonds. The molecule has 1 N–H and O–H groups in total. The number of benzene rings is 1. The lowest BCUT2D eigenvalue weighted by atomic mass is 10.1. The molecule has 1 unspecified atom stereocenters. The van der Waals surface area contributed by atoms with Gasteiger partial charge < -0.3 is 10.1 Å². The number of fused-ring (bicyclic) bond motifs is 1. The standard InChI is InChI=1S/C19H20FN3O3/c1-11(2)22-17-7-5-13(10-21-17)18(24)23-15-9-14(20)6-4-12(15)8-16(23)19(25)26-3/h4-7,9-11,16H,8H2,1-3H3,(H,21,22). The Hall–Kier alpha value is -2.96. The van der Waals surface area contributed by atoms with E-state index in [4.69, 9.17) is 4.74 Å². The number of rotatable bonds is 4. The number of nitrogens with zero attached hydrogens (tertiary/aromatic N) is 2. The van der Waals surface area contributed by atoms with E-state index < -0.39 is 23.7 Å². The van der Waals surface area contributed by atoms with E-state index in [1.54, 1.807) is 18.2 Å². The fraction of sp³-hybridized carbons (Fsp3) is 0.316. The number of ether oxygens (including phenoxy) is 1. The lowest BCUT2D eigenvalue weighted by molar-refractivity contribution is -0.141. The third-order valence-electron chi connectivity index (χ3n) is 4.17. The summed E-state index contributed by atoms with van der Waals surface area (Å²) in [5, 5.41) is 3.14. The molecule has 0 radical (unpaired) electrons. The molecule has 0 bridgehead atoms. The maximum Gasteiger partial charge on any atom is 0.329 e. The molecular weight excluding hydrogens is 337 g/mol. The average molecular weight is 357 g/mol. The summed E-state index contributed by atoms with van der Waals surface area (Å²) in [5.74, 6) is -0.787. The number of hydrogen-bond acceptors (Lipinski definition) is 5. The van der Waals surface area contributed by atoms with Gasteiger partial charge in [-0.05, 0) is 43.7 Å². The van der Waals surface area contributed by atoms with Crippen molar-refractivity contribution in [1.82, 2.24) is 4.98 Å². The summed E-state index contributed by atoms with van der Waals surface area (Å²) in [6.07, 6.45) is 1.73. The van der Waals surface area contributed by atoms with Gasteiger partial charge >= 0.3 is 5.97 Å². The highest BCUT2D eigenvalue weighted by molar-refractivity contribution is 6.11. The molecule has 0 saturated heterocycles. The van der Waals surface area contributed by atoms with E-state index >= 15 is 0 Å². The van der Waals surface area contributed by atoms with E-state index in [1.807, 2.05) is 13.8 Å². The van der Waals surface area contributed by atoms with Crippen LogP contribution in [0, 0.1) is 5.82 Å². The van der Waals surface area contributed by atoms with Gasteiger partial charge in [0, 0.05) is 18.7 Å². The van der Waals surface area contributed by atoms with Gasteiger partial charge in [-0.1, -0.05) is 6.07 Å². The zero-order valence-electron chi connectivity index (χ0n) is 14.8. The number of halogens is 1. The van der Waals surface area contributed by atoms with Gasteiger partial charge in [-0.3, -0.25) is 9.69 Å². The maximum atomic E-state index is 13.7. The van der Waals surface area contributed by atoms with Crippen LogP contribution in [0.2, 0.25) is 0 Å². The molecule has 0 aliphatic carbocycles. The molecule has 136 valence electrons. The topological polar surface area (TPSA) is 71.5 Å². The molecule has 6 nitrogen and oxygen atoms in total. The first-order valence-corrected chi connectivity index (χ1v) is 8.33. The quantitative estimate of drug-likeness (QED) is 0.852. The third-order valence-corrected chi connectivity index (χ3v) is 4.17. The minimum atomic E-state index is -0.822. The van der Waals surface area contributed by atoms with Crippen LogP contribution in [0.5, 0.6) is 0 Å². The first-order chi connectivity index (χ1) is 12.4. The zero-order valence-corrected chi connectivity index (χ0v) is 14.8. The third kappa shape index (κ3) is 3.37. The Morgan fingerprint density at radius 1 is 1.31 bits per heavy atom. The lowest BCUT2D eigenvalue weighted by Gasteiger charge is -2.23. The number of amides is 1. The van der Waals surface area contributed by atoms with Crippen LogP contribution >= 0.6 is 0 Å².